The van der Waals surface area contributed by atoms with Gasteiger partial charge in [0.2, 0.25) is 0 Å². The molecule has 1 aromatic rings. The number of nitrogens with two attached hydrogens (primary N) is 1. The van der Waals surface area contributed by atoms with E-state index in [2.05, 4.69) is 10.3 Å². The maximum absolute atomic E-state index is 10.9. The summed E-state index contributed by atoms with van der Waals surface area (Å²) in [6.07, 6.45) is 1.18. The molecular formula is C13H21N3O3S. The molecule has 0 aliphatic rings. The molecule has 0 bridgehead atoms. The molecule has 0 spiro atoms. The van der Waals surface area contributed by atoms with Crippen LogP contribution in [0.4, 0.5) is 5.69 Å². The first-order chi connectivity index (χ1) is 9.37. The third-order valence-corrected chi connectivity index (χ3v) is 3.35. The van der Waals surface area contributed by atoms with Gasteiger partial charge >= 0.3 is 0 Å². The van der Waals surface area contributed by atoms with Crippen LogP contribution in [0.15, 0.2) is 29.3 Å². The Morgan fingerprint density at radius 3 is 2.55 bits per heavy atom. The summed E-state index contributed by atoms with van der Waals surface area (Å²) in [5.74, 6) is 0.328. The molecule has 0 amide bonds. The molecule has 1 aromatic carbocycles. The fraction of sp³-hybridized carbons (Fsp3) is 0.462. The first-order valence-corrected chi connectivity index (χ1v) is 8.32. The van der Waals surface area contributed by atoms with Gasteiger partial charge < -0.3 is 15.8 Å². The number of nitrogens with zero attached hydrogens (tertiary/aromatic N) is 1. The number of benzene rings is 1. The van der Waals surface area contributed by atoms with Crippen molar-refractivity contribution in [2.45, 2.75) is 6.92 Å². The van der Waals surface area contributed by atoms with Crippen LogP contribution in [0.2, 0.25) is 0 Å². The van der Waals surface area contributed by atoms with Crippen molar-refractivity contribution in [3.63, 3.8) is 0 Å². The zero-order chi connectivity index (χ0) is 15.0. The Kier molecular flexibility index (Phi) is 6.47. The smallest absolute Gasteiger partial charge is 0.193 e. The molecule has 0 fully saturated rings. The predicted octanol–water partition coefficient (Wildman–Crippen LogP) is 0.783. The van der Waals surface area contributed by atoms with E-state index in [4.69, 9.17) is 10.5 Å². The first-order valence-electron chi connectivity index (χ1n) is 6.26. The van der Waals surface area contributed by atoms with Crippen molar-refractivity contribution in [2.75, 3.05) is 37.1 Å². The van der Waals surface area contributed by atoms with Crippen LogP contribution < -0.4 is 11.1 Å². The molecule has 112 valence electrons. The fourth-order valence-electron chi connectivity index (χ4n) is 1.37. The maximum Gasteiger partial charge on any atom is 0.193 e. The highest BCUT2D eigenvalue weighted by Crippen LogP contribution is 2.07. The molecular weight excluding hydrogens is 278 g/mol. The normalized spacial score (nSPS) is 12.4. The summed E-state index contributed by atoms with van der Waals surface area (Å²) in [5, 5.41) is 2.96. The Bertz CT molecular complexity index is 538. The van der Waals surface area contributed by atoms with E-state index in [0.29, 0.717) is 19.1 Å². The summed E-state index contributed by atoms with van der Waals surface area (Å²) in [5.41, 5.74) is 7.76. The summed E-state index contributed by atoms with van der Waals surface area (Å²) in [7, 11) is -2.97. The van der Waals surface area contributed by atoms with E-state index in [1.807, 2.05) is 31.2 Å². The van der Waals surface area contributed by atoms with Crippen LogP contribution in [0.25, 0.3) is 0 Å². The number of ether oxygens (including phenoxy) is 1. The zero-order valence-corrected chi connectivity index (χ0v) is 12.6. The monoisotopic (exact) mass is 299 g/mol. The number of sulfone groups is 1. The van der Waals surface area contributed by atoms with Gasteiger partial charge in [0.15, 0.2) is 5.96 Å². The number of hydrogen-bond donors (Lipinski definition) is 2. The van der Waals surface area contributed by atoms with E-state index in [9.17, 15) is 8.42 Å². The molecule has 7 heteroatoms. The standard InChI is InChI=1S/C13H21N3O3S/c1-11-3-5-12(6-4-11)16-13(14)15-7-8-19-9-10-20(2,17)18/h3-6H,7-10H2,1-2H3,(H3,14,15,16). The Morgan fingerprint density at radius 1 is 1.30 bits per heavy atom. The minimum atomic E-state index is -2.97. The van der Waals surface area contributed by atoms with Crippen LogP contribution in [0.3, 0.4) is 0 Å². The maximum atomic E-state index is 10.9. The molecule has 0 aliphatic carbocycles. The minimum absolute atomic E-state index is 0.0216. The second-order valence-electron chi connectivity index (χ2n) is 4.50. The molecule has 0 unspecified atom stereocenters. The molecule has 6 nitrogen and oxygen atoms in total. The number of aryl methyl sites for hydroxylation is 1. The van der Waals surface area contributed by atoms with Crippen molar-refractivity contribution in [3.8, 4) is 0 Å². The minimum Gasteiger partial charge on any atom is -0.378 e. The summed E-state index contributed by atoms with van der Waals surface area (Å²) in [6, 6.07) is 7.79. The van der Waals surface area contributed by atoms with E-state index in [-0.39, 0.29) is 12.4 Å². The molecule has 20 heavy (non-hydrogen) atoms. The van der Waals surface area contributed by atoms with Crippen molar-refractivity contribution in [3.05, 3.63) is 29.8 Å². The number of aliphatic imine (C=N–C) groups is 1. The van der Waals surface area contributed by atoms with Gasteiger partial charge in [-0.25, -0.2) is 8.42 Å². The van der Waals surface area contributed by atoms with Crippen LogP contribution in [-0.4, -0.2) is 46.1 Å². The lowest BCUT2D eigenvalue weighted by Gasteiger charge is -2.06. The lowest BCUT2D eigenvalue weighted by molar-refractivity contribution is 0.157. The van der Waals surface area contributed by atoms with Crippen LogP contribution >= 0.6 is 0 Å². The number of nitrogens with one attached hydrogen (secondary N) is 1. The molecule has 0 radical (unpaired) electrons. The van der Waals surface area contributed by atoms with Crippen LogP contribution in [0.5, 0.6) is 0 Å². The van der Waals surface area contributed by atoms with Crippen molar-refractivity contribution in [1.29, 1.82) is 0 Å². The van der Waals surface area contributed by atoms with Crippen molar-refractivity contribution in [2.24, 2.45) is 10.7 Å². The van der Waals surface area contributed by atoms with Crippen molar-refractivity contribution < 1.29 is 13.2 Å². The van der Waals surface area contributed by atoms with Gasteiger partial charge in [0.05, 0.1) is 25.5 Å². The SMILES string of the molecule is Cc1ccc(NC(N)=NCCOCCS(C)(=O)=O)cc1. The zero-order valence-electron chi connectivity index (χ0n) is 11.8. The third-order valence-electron chi connectivity index (χ3n) is 2.44. The van der Waals surface area contributed by atoms with Gasteiger partial charge in [0.25, 0.3) is 0 Å². The Morgan fingerprint density at radius 2 is 1.95 bits per heavy atom. The molecule has 0 aromatic heterocycles. The van der Waals surface area contributed by atoms with Gasteiger partial charge in [-0.3, -0.25) is 4.99 Å². The lowest BCUT2D eigenvalue weighted by Crippen LogP contribution is -2.23. The number of anilines is 1. The molecule has 0 saturated carbocycles. The fourth-order valence-corrected chi connectivity index (χ4v) is 1.79. The van der Waals surface area contributed by atoms with E-state index >= 15 is 0 Å². The van der Waals surface area contributed by atoms with Gasteiger partial charge in [-0.05, 0) is 19.1 Å². The highest BCUT2D eigenvalue weighted by molar-refractivity contribution is 7.90. The average Bonchev–Trinajstić information content (AvgIpc) is 2.35. The average molecular weight is 299 g/mol. The quantitative estimate of drug-likeness (QED) is 0.441. The molecule has 0 heterocycles. The Labute approximate surface area is 120 Å². The summed E-state index contributed by atoms with van der Waals surface area (Å²) < 4.78 is 26.9. The largest absolute Gasteiger partial charge is 0.378 e. The third kappa shape index (κ3) is 7.75. The van der Waals surface area contributed by atoms with Crippen LogP contribution in [-0.2, 0) is 14.6 Å². The van der Waals surface area contributed by atoms with E-state index < -0.39 is 9.84 Å². The molecule has 1 rings (SSSR count). The van der Waals surface area contributed by atoms with Gasteiger partial charge in [0, 0.05) is 11.9 Å². The summed E-state index contributed by atoms with van der Waals surface area (Å²) in [4.78, 5) is 4.08. The predicted molar refractivity (Wildman–Crippen MR) is 81.8 cm³/mol. The van der Waals surface area contributed by atoms with Crippen molar-refractivity contribution in [1.82, 2.24) is 0 Å². The molecule has 0 saturated heterocycles. The number of rotatable bonds is 7. The second kappa shape index (κ2) is 7.86. The highest BCUT2D eigenvalue weighted by atomic mass is 32.2. The summed E-state index contributed by atoms with van der Waals surface area (Å²) in [6.45, 7) is 2.91. The first kappa shape index (κ1) is 16.5. The molecule has 0 atom stereocenters. The van der Waals surface area contributed by atoms with E-state index in [0.717, 1.165) is 5.69 Å². The second-order valence-corrected chi connectivity index (χ2v) is 6.76. The van der Waals surface area contributed by atoms with Gasteiger partial charge in [0.1, 0.15) is 9.84 Å². The van der Waals surface area contributed by atoms with Gasteiger partial charge in [-0.15, -0.1) is 0 Å². The Balaban J connectivity index is 2.23. The van der Waals surface area contributed by atoms with Crippen LogP contribution in [0.1, 0.15) is 5.56 Å². The Hall–Kier alpha value is -1.60. The molecule has 0 aliphatic heterocycles. The van der Waals surface area contributed by atoms with Crippen LogP contribution in [0, 0.1) is 6.92 Å². The van der Waals surface area contributed by atoms with Gasteiger partial charge in [-0.1, -0.05) is 17.7 Å². The van der Waals surface area contributed by atoms with E-state index in [1.165, 1.54) is 11.8 Å². The summed E-state index contributed by atoms with van der Waals surface area (Å²) >= 11 is 0. The van der Waals surface area contributed by atoms with Gasteiger partial charge in [-0.2, -0.15) is 0 Å². The number of hydrogen-bond acceptors (Lipinski definition) is 4. The topological polar surface area (TPSA) is 93.8 Å². The molecule has 3 N–H and O–H groups in total. The van der Waals surface area contributed by atoms with E-state index in [1.54, 1.807) is 0 Å². The lowest BCUT2D eigenvalue weighted by atomic mass is 10.2. The number of guanidine groups is 1. The van der Waals surface area contributed by atoms with Crippen molar-refractivity contribution >= 4 is 21.5 Å². The highest BCUT2D eigenvalue weighted by Gasteiger charge is 2.00.